The quantitative estimate of drug-likeness (QED) is 0.0634. The number of rotatable bonds is 2. The minimum absolute atomic E-state index is 0. The van der Waals surface area contributed by atoms with Gasteiger partial charge in [-0.15, -0.1) is 0 Å². The minimum Gasteiger partial charge on any atom is -0.265 e. The molecular weight excluding hydrogens is 976 g/mol. The van der Waals surface area contributed by atoms with Gasteiger partial charge in [0.25, 0.3) is 0 Å². The second-order valence-electron chi connectivity index (χ2n) is 7.31. The van der Waals surface area contributed by atoms with Crippen LogP contribution in [0.5, 0.6) is 0 Å². The maximum atomic E-state index is 9.87. The van der Waals surface area contributed by atoms with Gasteiger partial charge in [0, 0.05) is 63.4 Å². The summed E-state index contributed by atoms with van der Waals surface area (Å²) in [6.45, 7) is 20.9. The third-order valence-corrected chi connectivity index (χ3v) is 3.39. The van der Waals surface area contributed by atoms with Crippen LogP contribution in [0.3, 0.4) is 0 Å². The Morgan fingerprint density at radius 3 is 0.537 bits per heavy atom. The predicted molar refractivity (Wildman–Crippen MR) is 160 cm³/mol. The Morgan fingerprint density at radius 1 is 0.389 bits per heavy atom. The van der Waals surface area contributed by atoms with E-state index in [-0.39, 0.29) is 39.0 Å². The van der Waals surface area contributed by atoms with Crippen LogP contribution in [0.25, 0.3) is 22.3 Å². The standard InChI is InChI=1S/2C10H8N2.2C2H3N.4CO.2F6P.2Ru/c2*1-5-11-6-2-9(1)10-3-7-12-8-4-10;2*1-2-3;4*1-2;2*1-7(2,3,4,5)6;;/h2*1-8H;2*1H3;;;;;;;;/q;;;;;;;;2*-1;2*+1. The average molecular weight is 999 g/mol. The topological polar surface area (TPSA) is 179 Å². The molecule has 2 radical (unpaired) electrons. The molecule has 4 aromatic heterocycles. The summed E-state index contributed by atoms with van der Waals surface area (Å²) in [6, 6.07) is 19.4. The van der Waals surface area contributed by atoms with Crippen LogP contribution in [0.2, 0.25) is 0 Å². The molecule has 4 aromatic rings. The fourth-order valence-electron chi connectivity index (χ4n) is 2.18. The van der Waals surface area contributed by atoms with Crippen LogP contribution in [0.4, 0.5) is 50.4 Å². The molecule has 26 heteroatoms. The summed E-state index contributed by atoms with van der Waals surface area (Å²) in [7, 11) is -21.3. The van der Waals surface area contributed by atoms with E-state index in [2.05, 4.69) is 46.5 Å². The van der Waals surface area contributed by atoms with E-state index in [9.17, 15) is 50.4 Å². The van der Waals surface area contributed by atoms with Gasteiger partial charge < -0.3 is 0 Å². The average Bonchev–Trinajstić information content (AvgIpc) is 3.08. The smallest absolute Gasteiger partial charge is 0.265 e. The van der Waals surface area contributed by atoms with E-state index in [1.165, 1.54) is 36.1 Å². The van der Waals surface area contributed by atoms with Crippen molar-refractivity contribution in [1.29, 1.82) is 10.5 Å². The number of nitrogens with zero attached hydrogens (tertiary/aromatic N) is 6. The van der Waals surface area contributed by atoms with Crippen molar-refractivity contribution in [2.75, 3.05) is 0 Å². The zero-order valence-electron chi connectivity index (χ0n) is 26.7. The first kappa shape index (κ1) is 67.9. The van der Waals surface area contributed by atoms with Crippen molar-refractivity contribution in [3.8, 4) is 34.4 Å². The fraction of sp³-hybridized carbons (Fsp3) is 0.0714. The van der Waals surface area contributed by atoms with E-state index < -0.39 is 15.6 Å². The molecule has 0 atom stereocenters. The van der Waals surface area contributed by atoms with Crippen molar-refractivity contribution < 1.29 is 108 Å². The number of pyridine rings is 4. The fourth-order valence-corrected chi connectivity index (χ4v) is 2.18. The third-order valence-electron chi connectivity index (χ3n) is 3.39. The summed E-state index contributed by atoms with van der Waals surface area (Å²) in [6.07, 6.45) is 14.3. The minimum atomic E-state index is -10.7. The van der Waals surface area contributed by atoms with E-state index >= 15 is 0 Å². The van der Waals surface area contributed by atoms with Gasteiger partial charge in [-0.3, -0.25) is 19.9 Å². The van der Waals surface area contributed by atoms with Crippen LogP contribution in [-0.4, -0.2) is 19.9 Å². The summed E-state index contributed by atoms with van der Waals surface area (Å²) in [4.78, 5) is 15.8. The summed E-state index contributed by atoms with van der Waals surface area (Å²) in [5.41, 5.74) is 4.69. The van der Waals surface area contributed by atoms with Crippen LogP contribution >= 0.6 is 15.6 Å². The molecule has 0 aromatic carbocycles. The van der Waals surface area contributed by atoms with Crippen LogP contribution in [-0.2, 0) is 57.6 Å². The molecule has 10 nitrogen and oxygen atoms in total. The largest absolute Gasteiger partial charge is 1.00 e. The molecule has 4 heterocycles. The van der Waals surface area contributed by atoms with Gasteiger partial charge in [0.2, 0.25) is 0 Å². The monoisotopic (exact) mass is 1000 g/mol. The van der Waals surface area contributed by atoms with Gasteiger partial charge in [-0.25, -0.2) is 0 Å². The summed E-state index contributed by atoms with van der Waals surface area (Å²) >= 11 is 0. The van der Waals surface area contributed by atoms with E-state index in [1.807, 2.05) is 48.5 Å². The Kier molecular flexibility index (Phi) is 39.2. The maximum Gasteiger partial charge on any atom is 1.00 e. The van der Waals surface area contributed by atoms with Gasteiger partial charge >= 0.3 is 150 Å². The van der Waals surface area contributed by atoms with E-state index in [0.717, 1.165) is 0 Å². The van der Waals surface area contributed by atoms with Gasteiger partial charge in [-0.05, 0) is 70.8 Å². The molecule has 0 aliphatic heterocycles. The van der Waals surface area contributed by atoms with Crippen LogP contribution < -0.4 is 0 Å². The summed E-state index contributed by atoms with van der Waals surface area (Å²) in [5.74, 6) is 0. The molecule has 0 aliphatic carbocycles. The molecule has 0 amide bonds. The number of nitriles is 2. The number of aromatic nitrogens is 4. The van der Waals surface area contributed by atoms with Crippen LogP contribution in [0.15, 0.2) is 98.1 Å². The van der Waals surface area contributed by atoms with Crippen molar-refractivity contribution >= 4 is 15.6 Å². The van der Waals surface area contributed by atoms with Crippen LogP contribution in [0.1, 0.15) is 13.8 Å². The van der Waals surface area contributed by atoms with Crippen molar-refractivity contribution in [3.05, 3.63) is 125 Å². The number of halogens is 12. The third kappa shape index (κ3) is 81.7. The van der Waals surface area contributed by atoms with E-state index in [0.29, 0.717) is 0 Å². The molecule has 0 bridgehead atoms. The van der Waals surface area contributed by atoms with Crippen molar-refractivity contribution in [3.63, 3.8) is 0 Å². The molecule has 0 saturated carbocycles. The van der Waals surface area contributed by atoms with E-state index in [1.54, 1.807) is 61.7 Å². The van der Waals surface area contributed by atoms with Crippen molar-refractivity contribution in [2.45, 2.75) is 13.8 Å². The van der Waals surface area contributed by atoms with Gasteiger partial charge in [-0.1, -0.05) is 0 Å². The van der Waals surface area contributed by atoms with Gasteiger partial charge in [0.15, 0.2) is 0 Å². The molecule has 0 saturated heterocycles. The first-order valence-electron chi connectivity index (χ1n) is 11.8. The Bertz CT molecular complexity index is 1430. The normalized spacial score (nSPS) is 10.7. The Hall–Kier alpha value is -4.19. The Morgan fingerprint density at radius 2 is 0.463 bits per heavy atom. The molecule has 0 spiro atoms. The maximum absolute atomic E-state index is 10.7. The predicted octanol–water partition coefficient (Wildman–Crippen LogP) is 12.0. The van der Waals surface area contributed by atoms with Gasteiger partial charge in [0.05, 0.1) is 12.1 Å². The molecule has 4 rings (SSSR count). The zero-order valence-corrected chi connectivity index (χ0v) is 32.0. The van der Waals surface area contributed by atoms with Crippen LogP contribution in [0, 0.1) is 49.3 Å². The first-order chi connectivity index (χ1) is 23.7. The summed E-state index contributed by atoms with van der Waals surface area (Å²) < 4.78 is 148. The van der Waals surface area contributed by atoms with Crippen molar-refractivity contribution in [2.24, 2.45) is 0 Å². The van der Waals surface area contributed by atoms with Gasteiger partial charge in [-0.2, -0.15) is 10.5 Å². The molecule has 298 valence electrons. The number of hydrogen-bond donors (Lipinski definition) is 0. The molecule has 0 unspecified atom stereocenters. The molecular formula is C28H22F12N6O4P2Ru2. The SMILES string of the molecule is CC#N.CC#N.F[P-](F)(F)(F)(F)F.F[P-](F)(F)(F)(F)F.[C-]#[O+].[C-]#[O+].[C-]#[O+].[C-]#[O+].[Ru+].[Ru+].c1cc(-c2ccncc2)ccn1.c1cc(-c2ccncc2)ccn1. The second kappa shape index (κ2) is 31.2. The Balaban J connectivity index is -0.0000000789. The summed E-state index contributed by atoms with van der Waals surface area (Å²) in [5, 5.41) is 14.6. The van der Waals surface area contributed by atoms with Crippen molar-refractivity contribution in [1.82, 2.24) is 19.9 Å². The van der Waals surface area contributed by atoms with E-state index in [4.69, 9.17) is 29.1 Å². The molecule has 54 heavy (non-hydrogen) atoms. The number of hydrogen-bond acceptors (Lipinski definition) is 6. The second-order valence-corrected chi connectivity index (χ2v) is 11.1. The molecule has 0 fully saturated rings. The molecule has 0 aliphatic rings. The molecule has 0 N–H and O–H groups in total. The Labute approximate surface area is 325 Å². The zero-order chi connectivity index (χ0) is 42.7. The first-order valence-corrected chi connectivity index (χ1v) is 15.9. The van der Waals surface area contributed by atoms with Gasteiger partial charge in [0.1, 0.15) is 0 Å².